The van der Waals surface area contributed by atoms with E-state index in [1.165, 1.54) is 35.2 Å². The summed E-state index contributed by atoms with van der Waals surface area (Å²) in [4.78, 5) is 43.7. The summed E-state index contributed by atoms with van der Waals surface area (Å²) >= 11 is 12.4. The molecule has 2 fully saturated rings. The molecule has 0 aromatic heterocycles. The van der Waals surface area contributed by atoms with Gasteiger partial charge in [0, 0.05) is 42.6 Å². The van der Waals surface area contributed by atoms with E-state index < -0.39 is 29.4 Å². The van der Waals surface area contributed by atoms with Gasteiger partial charge in [-0.1, -0.05) is 41.4 Å². The van der Waals surface area contributed by atoms with E-state index >= 15 is 0 Å². The van der Waals surface area contributed by atoms with E-state index in [0.29, 0.717) is 11.1 Å². The van der Waals surface area contributed by atoms with Crippen molar-refractivity contribution in [2.45, 2.75) is 18.0 Å². The van der Waals surface area contributed by atoms with Gasteiger partial charge in [-0.2, -0.15) is 5.26 Å². The van der Waals surface area contributed by atoms with Gasteiger partial charge in [-0.05, 0) is 53.6 Å². The fourth-order valence-corrected chi connectivity index (χ4v) is 6.19. The molecule has 5 rings (SSSR count). The maximum Gasteiger partial charge on any atom is 0.335 e. The minimum atomic E-state index is -1.38. The molecule has 2 aliphatic heterocycles. The molecule has 3 amide bonds. The van der Waals surface area contributed by atoms with E-state index in [0.717, 1.165) is 16.5 Å². The number of carboxylic acid groups (broad SMARTS) is 1. The Kier molecular flexibility index (Phi) is 7.37. The van der Waals surface area contributed by atoms with Crippen LogP contribution in [0.2, 0.25) is 10.0 Å². The van der Waals surface area contributed by atoms with Crippen molar-refractivity contribution in [2.24, 2.45) is 0 Å². The molecule has 3 aromatic carbocycles. The fourth-order valence-electron chi connectivity index (χ4n) is 5.67. The predicted octanol–water partition coefficient (Wildman–Crippen LogP) is 4.58. The molecule has 11 nitrogen and oxygen atoms in total. The number of anilines is 2. The van der Waals surface area contributed by atoms with Crippen molar-refractivity contribution in [1.29, 1.82) is 5.26 Å². The summed E-state index contributed by atoms with van der Waals surface area (Å²) in [5.74, 6) is -2.27. The topological polar surface area (TPSA) is 149 Å². The number of carboxylic acids is 1. The molecule has 0 bridgehead atoms. The van der Waals surface area contributed by atoms with E-state index in [9.17, 15) is 35.2 Å². The van der Waals surface area contributed by atoms with Gasteiger partial charge in [0.2, 0.25) is 0 Å². The van der Waals surface area contributed by atoms with Crippen LogP contribution in [0, 0.1) is 11.3 Å². The number of rotatable bonds is 6. The van der Waals surface area contributed by atoms with Crippen LogP contribution < -0.4 is 10.1 Å². The van der Waals surface area contributed by atoms with Gasteiger partial charge in [0.1, 0.15) is 5.54 Å². The maximum absolute atomic E-state index is 14.3. The van der Waals surface area contributed by atoms with Crippen molar-refractivity contribution in [2.75, 3.05) is 30.3 Å². The first kappa shape index (κ1) is 28.4. The highest BCUT2D eigenvalue weighted by Gasteiger charge is 2.64. The van der Waals surface area contributed by atoms with Gasteiger partial charge in [0.05, 0.1) is 28.6 Å². The SMILES string of the molecule is CN1C(=O)N(c2cc(Cl)cc(Cl)c2)C(=O)[C@]12CN(Cc1ccc(C(=O)O)cc1N(O)O)C[C@H]2c1ccc(C#N)cc1. The summed E-state index contributed by atoms with van der Waals surface area (Å²) in [7, 11) is 1.54. The van der Waals surface area contributed by atoms with Crippen molar-refractivity contribution in [3.05, 3.63) is 93.0 Å². The summed E-state index contributed by atoms with van der Waals surface area (Å²) in [5.41, 5.74) is 0.103. The molecule has 0 aliphatic carbocycles. The second kappa shape index (κ2) is 10.7. The largest absolute Gasteiger partial charge is 0.478 e. The Morgan fingerprint density at radius 1 is 1.07 bits per heavy atom. The lowest BCUT2D eigenvalue weighted by Crippen LogP contribution is -2.53. The Bertz CT molecular complexity index is 1590. The van der Waals surface area contributed by atoms with Crippen molar-refractivity contribution < 1.29 is 29.9 Å². The van der Waals surface area contributed by atoms with E-state index in [4.69, 9.17) is 23.2 Å². The average molecular weight is 596 g/mol. The van der Waals surface area contributed by atoms with Crippen molar-refractivity contribution in [3.8, 4) is 6.07 Å². The van der Waals surface area contributed by atoms with Crippen LogP contribution in [0.25, 0.3) is 0 Å². The van der Waals surface area contributed by atoms with Crippen LogP contribution >= 0.6 is 23.2 Å². The number of amides is 3. The van der Waals surface area contributed by atoms with Crippen LogP contribution in [0.5, 0.6) is 0 Å². The third-order valence-electron chi connectivity index (χ3n) is 7.62. The number of carbonyl (C=O) groups excluding carboxylic acids is 2. The van der Waals surface area contributed by atoms with Crippen LogP contribution in [0.3, 0.4) is 0 Å². The third-order valence-corrected chi connectivity index (χ3v) is 8.06. The zero-order chi connectivity index (χ0) is 29.6. The molecule has 2 aliphatic rings. The van der Waals surface area contributed by atoms with Crippen molar-refractivity contribution in [1.82, 2.24) is 9.80 Å². The van der Waals surface area contributed by atoms with Crippen LogP contribution in [-0.4, -0.2) is 68.9 Å². The number of likely N-dealkylation sites (N-methyl/N-ethyl adjacent to an activating group) is 1. The number of likely N-dealkylation sites (tertiary alicyclic amines) is 1. The number of carbonyl (C=O) groups is 3. The number of hydrogen-bond acceptors (Lipinski definition) is 8. The lowest BCUT2D eigenvalue weighted by molar-refractivity contribution is -0.124. The summed E-state index contributed by atoms with van der Waals surface area (Å²) in [6.45, 7) is 0.441. The molecular formula is C28H23Cl2N5O6. The Balaban J connectivity index is 1.58. The number of nitrogens with zero attached hydrogens (tertiary/aromatic N) is 5. The zero-order valence-electron chi connectivity index (χ0n) is 21.5. The highest BCUT2D eigenvalue weighted by molar-refractivity contribution is 6.35. The van der Waals surface area contributed by atoms with Gasteiger partial charge in [0.15, 0.2) is 0 Å². The normalized spacial score (nSPS) is 20.6. The molecule has 210 valence electrons. The van der Waals surface area contributed by atoms with Crippen LogP contribution in [-0.2, 0) is 11.3 Å². The Morgan fingerprint density at radius 3 is 2.32 bits per heavy atom. The fraction of sp³-hybridized carbons (Fsp3) is 0.214. The number of urea groups is 1. The second-order valence-electron chi connectivity index (χ2n) is 9.93. The molecular weight excluding hydrogens is 573 g/mol. The number of aromatic carboxylic acids is 1. The average Bonchev–Trinajstić information content (AvgIpc) is 3.39. The monoisotopic (exact) mass is 595 g/mol. The molecule has 0 unspecified atom stereocenters. The predicted molar refractivity (Wildman–Crippen MR) is 148 cm³/mol. The smallest absolute Gasteiger partial charge is 0.335 e. The van der Waals surface area contributed by atoms with E-state index in [1.54, 1.807) is 31.3 Å². The Morgan fingerprint density at radius 2 is 1.73 bits per heavy atom. The van der Waals surface area contributed by atoms with Gasteiger partial charge in [0.25, 0.3) is 5.91 Å². The second-order valence-corrected chi connectivity index (χ2v) is 10.8. The van der Waals surface area contributed by atoms with Crippen LogP contribution in [0.4, 0.5) is 16.2 Å². The van der Waals surface area contributed by atoms with E-state index in [2.05, 4.69) is 6.07 Å². The minimum Gasteiger partial charge on any atom is -0.478 e. The number of imide groups is 1. The van der Waals surface area contributed by atoms with Gasteiger partial charge in [-0.15, -0.1) is 5.23 Å². The molecule has 1 spiro atoms. The van der Waals surface area contributed by atoms with Crippen LogP contribution in [0.1, 0.15) is 33.0 Å². The standard InChI is InChI=1S/C28H23Cl2N5O6/c1-32-27(39)34(22-10-20(29)9-21(30)11-22)26(38)28(32)15-33(14-23(28)17-4-2-16(12-31)3-5-17)13-19-7-6-18(25(36)37)8-24(19)35(40)41/h2-11,23,40-41H,13-15H2,1H3,(H,36,37)/t23-,28+/m0/s1. The van der Waals surface area contributed by atoms with Gasteiger partial charge in [-0.3, -0.25) is 20.1 Å². The number of hydrogen-bond donors (Lipinski definition) is 3. The minimum absolute atomic E-state index is 0.0700. The number of nitriles is 1. The van der Waals surface area contributed by atoms with Crippen molar-refractivity contribution >= 4 is 52.5 Å². The third kappa shape index (κ3) is 4.86. The Hall–Kier alpha value is -4.18. The highest BCUT2D eigenvalue weighted by Crippen LogP contribution is 2.47. The summed E-state index contributed by atoms with van der Waals surface area (Å²) < 4.78 is 0. The van der Waals surface area contributed by atoms with Gasteiger partial charge in [-0.25, -0.2) is 14.5 Å². The van der Waals surface area contributed by atoms with Crippen molar-refractivity contribution in [3.63, 3.8) is 0 Å². The molecule has 3 N–H and O–H groups in total. The molecule has 0 radical (unpaired) electrons. The first-order valence-electron chi connectivity index (χ1n) is 12.3. The molecule has 2 saturated heterocycles. The van der Waals surface area contributed by atoms with E-state index in [-0.39, 0.29) is 51.8 Å². The molecule has 41 heavy (non-hydrogen) atoms. The van der Waals surface area contributed by atoms with E-state index in [1.807, 2.05) is 4.90 Å². The summed E-state index contributed by atoms with van der Waals surface area (Å²) in [6, 6.07) is 16.7. The first-order chi connectivity index (χ1) is 19.5. The van der Waals surface area contributed by atoms with Crippen LogP contribution in [0.15, 0.2) is 60.7 Å². The lowest BCUT2D eigenvalue weighted by Gasteiger charge is -2.34. The Labute approximate surface area is 244 Å². The van der Waals surface area contributed by atoms with Gasteiger partial charge >= 0.3 is 12.0 Å². The highest BCUT2D eigenvalue weighted by atomic mass is 35.5. The first-order valence-corrected chi connectivity index (χ1v) is 13.1. The quantitative estimate of drug-likeness (QED) is 0.275. The van der Waals surface area contributed by atoms with Gasteiger partial charge < -0.3 is 10.0 Å². The molecule has 2 heterocycles. The molecule has 2 atom stereocenters. The zero-order valence-corrected chi connectivity index (χ0v) is 23.0. The molecule has 3 aromatic rings. The lowest BCUT2D eigenvalue weighted by atomic mass is 9.80. The number of halogens is 2. The molecule has 0 saturated carbocycles. The number of benzene rings is 3. The maximum atomic E-state index is 14.3. The summed E-state index contributed by atoms with van der Waals surface area (Å²) in [5, 5.41) is 38.6. The summed E-state index contributed by atoms with van der Waals surface area (Å²) in [6.07, 6.45) is 0. The molecule has 13 heteroatoms.